The Morgan fingerprint density at radius 2 is 1.62 bits per heavy atom. The number of rotatable bonds is 9. The lowest BCUT2D eigenvalue weighted by molar-refractivity contribution is 0.102. The van der Waals surface area contributed by atoms with Crippen molar-refractivity contribution in [3.8, 4) is 17.2 Å². The van der Waals surface area contributed by atoms with E-state index in [9.17, 15) is 13.2 Å². The lowest BCUT2D eigenvalue weighted by Crippen LogP contribution is -2.16. The van der Waals surface area contributed by atoms with Crippen LogP contribution in [-0.2, 0) is 10.0 Å². The van der Waals surface area contributed by atoms with Gasteiger partial charge in [-0.15, -0.1) is 0 Å². The molecular weight excluding hydrogens is 432 g/mol. The van der Waals surface area contributed by atoms with Crippen LogP contribution in [0.1, 0.15) is 17.3 Å². The fraction of sp³-hybridized carbons (Fsp3) is 0.174. The molecule has 2 N–H and O–H groups in total. The van der Waals surface area contributed by atoms with Gasteiger partial charge in [0.15, 0.2) is 0 Å². The van der Waals surface area contributed by atoms with E-state index in [-0.39, 0.29) is 10.5 Å². The van der Waals surface area contributed by atoms with Gasteiger partial charge in [-0.3, -0.25) is 9.52 Å². The van der Waals surface area contributed by atoms with Crippen LogP contribution < -0.4 is 24.2 Å². The van der Waals surface area contributed by atoms with E-state index in [2.05, 4.69) is 10.0 Å². The molecule has 3 rings (SSSR count). The van der Waals surface area contributed by atoms with E-state index in [1.54, 1.807) is 42.5 Å². The van der Waals surface area contributed by atoms with Crippen molar-refractivity contribution in [2.45, 2.75) is 11.8 Å². The highest BCUT2D eigenvalue weighted by atomic mass is 32.2. The minimum absolute atomic E-state index is 0.0410. The molecular formula is C23H24N2O6S. The van der Waals surface area contributed by atoms with Crippen LogP contribution in [0.15, 0.2) is 71.6 Å². The predicted octanol–water partition coefficient (Wildman–Crippen LogP) is 4.16. The van der Waals surface area contributed by atoms with Gasteiger partial charge in [0.1, 0.15) is 17.2 Å². The van der Waals surface area contributed by atoms with Crippen LogP contribution in [0.25, 0.3) is 0 Å². The fourth-order valence-corrected chi connectivity index (χ4v) is 4.00. The molecule has 0 bridgehead atoms. The van der Waals surface area contributed by atoms with Gasteiger partial charge in [-0.25, -0.2) is 8.42 Å². The molecule has 1 amide bonds. The lowest BCUT2D eigenvalue weighted by Gasteiger charge is -2.13. The normalized spacial score (nSPS) is 10.8. The number of carbonyl (C=O) groups excluding carboxylic acids is 1. The summed E-state index contributed by atoms with van der Waals surface area (Å²) < 4.78 is 43.9. The van der Waals surface area contributed by atoms with Gasteiger partial charge in [-0.05, 0) is 61.5 Å². The summed E-state index contributed by atoms with van der Waals surface area (Å²) in [7, 11) is -0.897. The van der Waals surface area contributed by atoms with E-state index < -0.39 is 15.9 Å². The Morgan fingerprint density at radius 1 is 0.906 bits per heavy atom. The van der Waals surface area contributed by atoms with Crippen LogP contribution in [0.2, 0.25) is 0 Å². The number of ether oxygens (including phenoxy) is 3. The molecule has 0 fully saturated rings. The van der Waals surface area contributed by atoms with E-state index in [1.165, 1.54) is 38.5 Å². The topological polar surface area (TPSA) is 103 Å². The third-order valence-electron chi connectivity index (χ3n) is 4.48. The summed E-state index contributed by atoms with van der Waals surface area (Å²) >= 11 is 0. The summed E-state index contributed by atoms with van der Waals surface area (Å²) in [6.45, 7) is 2.38. The van der Waals surface area contributed by atoms with Crippen molar-refractivity contribution in [3.63, 3.8) is 0 Å². The molecule has 0 saturated carbocycles. The molecule has 0 radical (unpaired) electrons. The van der Waals surface area contributed by atoms with E-state index in [4.69, 9.17) is 14.2 Å². The van der Waals surface area contributed by atoms with Crippen molar-refractivity contribution in [2.24, 2.45) is 0 Å². The number of carbonyl (C=O) groups is 1. The van der Waals surface area contributed by atoms with Crippen molar-refractivity contribution in [1.82, 2.24) is 0 Å². The van der Waals surface area contributed by atoms with Crippen molar-refractivity contribution >= 4 is 27.3 Å². The maximum atomic E-state index is 12.8. The van der Waals surface area contributed by atoms with Crippen LogP contribution in [-0.4, -0.2) is 35.2 Å². The minimum atomic E-state index is -3.90. The van der Waals surface area contributed by atoms with Gasteiger partial charge in [-0.1, -0.05) is 6.07 Å². The Balaban J connectivity index is 1.78. The Bertz CT molecular complexity index is 1190. The standard InChI is InChI=1S/C23H24N2O6S/c1-4-31-18-10-8-17(9-11-18)25-32(27,28)20-7-5-6-16(14-20)23(26)24-21-13-12-19(29-2)15-22(21)30-3/h5-15,25H,4H2,1-3H3,(H,24,26). The summed E-state index contributed by atoms with van der Waals surface area (Å²) in [4.78, 5) is 12.7. The smallest absolute Gasteiger partial charge is 0.261 e. The molecule has 0 aliphatic carbocycles. The number of nitrogens with one attached hydrogen (secondary N) is 2. The van der Waals surface area contributed by atoms with Crippen LogP contribution >= 0.6 is 0 Å². The third kappa shape index (κ3) is 5.50. The molecule has 0 aliphatic rings. The zero-order chi connectivity index (χ0) is 23.1. The Labute approximate surface area is 187 Å². The maximum absolute atomic E-state index is 12.8. The molecule has 0 saturated heterocycles. The van der Waals surface area contributed by atoms with E-state index >= 15 is 0 Å². The molecule has 168 valence electrons. The Hall–Kier alpha value is -3.72. The SMILES string of the molecule is CCOc1ccc(NS(=O)(=O)c2cccc(C(=O)Nc3ccc(OC)cc3OC)c2)cc1. The molecule has 0 aliphatic heterocycles. The van der Waals surface area contributed by atoms with Crippen LogP contribution in [0.4, 0.5) is 11.4 Å². The van der Waals surface area contributed by atoms with Crippen molar-refractivity contribution in [1.29, 1.82) is 0 Å². The molecule has 0 heterocycles. The average Bonchev–Trinajstić information content (AvgIpc) is 2.80. The molecule has 0 atom stereocenters. The highest BCUT2D eigenvalue weighted by molar-refractivity contribution is 7.92. The number of amides is 1. The second-order valence-electron chi connectivity index (χ2n) is 6.61. The monoisotopic (exact) mass is 456 g/mol. The van der Waals surface area contributed by atoms with Gasteiger partial charge < -0.3 is 19.5 Å². The zero-order valence-corrected chi connectivity index (χ0v) is 18.7. The van der Waals surface area contributed by atoms with Gasteiger partial charge in [0.2, 0.25) is 0 Å². The molecule has 3 aromatic carbocycles. The van der Waals surface area contributed by atoms with E-state index in [0.717, 1.165) is 0 Å². The maximum Gasteiger partial charge on any atom is 0.261 e. The second kappa shape index (κ2) is 10.1. The lowest BCUT2D eigenvalue weighted by atomic mass is 10.2. The predicted molar refractivity (Wildman–Crippen MR) is 122 cm³/mol. The summed E-state index contributed by atoms with van der Waals surface area (Å²) in [5.41, 5.74) is 0.989. The number of methoxy groups -OCH3 is 2. The van der Waals surface area contributed by atoms with Crippen molar-refractivity contribution in [2.75, 3.05) is 30.9 Å². The van der Waals surface area contributed by atoms with E-state index in [0.29, 0.717) is 35.2 Å². The number of hydrogen-bond donors (Lipinski definition) is 2. The quantitative estimate of drug-likeness (QED) is 0.501. The van der Waals surface area contributed by atoms with E-state index in [1.807, 2.05) is 6.92 Å². The first-order valence-electron chi connectivity index (χ1n) is 9.75. The molecule has 0 spiro atoms. The number of hydrogen-bond acceptors (Lipinski definition) is 6. The van der Waals surface area contributed by atoms with Gasteiger partial charge in [0.05, 0.1) is 31.4 Å². The Morgan fingerprint density at radius 3 is 2.28 bits per heavy atom. The number of anilines is 2. The highest BCUT2D eigenvalue weighted by Crippen LogP contribution is 2.29. The first-order valence-corrected chi connectivity index (χ1v) is 11.2. The van der Waals surface area contributed by atoms with Gasteiger partial charge in [0.25, 0.3) is 15.9 Å². The molecule has 0 unspecified atom stereocenters. The average molecular weight is 457 g/mol. The first kappa shape index (κ1) is 23.0. The molecule has 3 aromatic rings. The van der Waals surface area contributed by atoms with Gasteiger partial charge in [-0.2, -0.15) is 0 Å². The molecule has 0 aromatic heterocycles. The van der Waals surface area contributed by atoms with Crippen LogP contribution in [0.5, 0.6) is 17.2 Å². The highest BCUT2D eigenvalue weighted by Gasteiger charge is 2.18. The molecule has 8 nitrogen and oxygen atoms in total. The second-order valence-corrected chi connectivity index (χ2v) is 8.29. The van der Waals surface area contributed by atoms with Crippen LogP contribution in [0, 0.1) is 0 Å². The Kier molecular flexibility index (Phi) is 7.21. The fourth-order valence-electron chi connectivity index (χ4n) is 2.90. The largest absolute Gasteiger partial charge is 0.497 e. The minimum Gasteiger partial charge on any atom is -0.497 e. The number of sulfonamides is 1. The summed E-state index contributed by atoms with van der Waals surface area (Å²) in [6, 6.07) is 17.3. The number of benzene rings is 3. The first-order chi connectivity index (χ1) is 15.4. The summed E-state index contributed by atoms with van der Waals surface area (Å²) in [6.07, 6.45) is 0. The van der Waals surface area contributed by atoms with Crippen molar-refractivity contribution < 1.29 is 27.4 Å². The van der Waals surface area contributed by atoms with Gasteiger partial charge >= 0.3 is 0 Å². The zero-order valence-electron chi connectivity index (χ0n) is 17.9. The summed E-state index contributed by atoms with van der Waals surface area (Å²) in [5, 5.41) is 2.73. The van der Waals surface area contributed by atoms with Crippen molar-refractivity contribution in [3.05, 3.63) is 72.3 Å². The molecule has 32 heavy (non-hydrogen) atoms. The summed E-state index contributed by atoms with van der Waals surface area (Å²) in [5.74, 6) is 1.15. The van der Waals surface area contributed by atoms with Crippen LogP contribution in [0.3, 0.4) is 0 Å². The van der Waals surface area contributed by atoms with Gasteiger partial charge in [0, 0.05) is 17.3 Å². The molecule has 9 heteroatoms. The third-order valence-corrected chi connectivity index (χ3v) is 5.86.